The number of rotatable bonds is 2. The van der Waals surface area contributed by atoms with Crippen molar-refractivity contribution >= 4 is 5.97 Å². The number of ether oxygens (including phenoxy) is 1. The number of allylic oxidation sites excluding steroid dienone is 1. The van der Waals surface area contributed by atoms with Gasteiger partial charge in [0.15, 0.2) is 0 Å². The van der Waals surface area contributed by atoms with E-state index in [1.165, 1.54) is 0 Å². The Balaban J connectivity index is 2.00. The van der Waals surface area contributed by atoms with Gasteiger partial charge in [-0.25, -0.2) is 4.79 Å². The highest BCUT2D eigenvalue weighted by Crippen LogP contribution is 2.51. The molecule has 10 heteroatoms. The fourth-order valence-electron chi connectivity index (χ4n) is 4.24. The first-order valence-electron chi connectivity index (χ1n) is 9.27. The molecule has 0 aromatic heterocycles. The summed E-state index contributed by atoms with van der Waals surface area (Å²) in [6.45, 7) is 5.14. The number of alkyl halides is 6. The van der Waals surface area contributed by atoms with Crippen LogP contribution in [0.4, 0.5) is 26.3 Å². The molecule has 0 saturated carbocycles. The number of hydroxylamine groups is 2. The molecule has 1 aliphatic heterocycles. The molecular formula is C20H20F6NO3. The van der Waals surface area contributed by atoms with Gasteiger partial charge < -0.3 is 4.74 Å². The fourth-order valence-corrected chi connectivity index (χ4v) is 4.24. The summed E-state index contributed by atoms with van der Waals surface area (Å²) < 4.78 is 83.5. The van der Waals surface area contributed by atoms with Crippen LogP contribution in [0.3, 0.4) is 0 Å². The van der Waals surface area contributed by atoms with Gasteiger partial charge in [-0.1, -0.05) is 0 Å². The van der Waals surface area contributed by atoms with Gasteiger partial charge in [0.2, 0.25) is 0 Å². The molecule has 4 nitrogen and oxygen atoms in total. The summed E-state index contributed by atoms with van der Waals surface area (Å²) in [5, 5.41) is 13.6. The molecule has 1 aliphatic carbocycles. The second-order valence-corrected chi connectivity index (χ2v) is 8.50. The maximum atomic E-state index is 13.0. The Hall–Kier alpha value is -2.07. The number of nitrogens with zero attached hydrogens (tertiary/aromatic N) is 1. The van der Waals surface area contributed by atoms with Crippen LogP contribution >= 0.6 is 0 Å². The Kier molecular flexibility index (Phi) is 5.26. The average molecular weight is 436 g/mol. The van der Waals surface area contributed by atoms with Gasteiger partial charge in [0.05, 0.1) is 22.2 Å². The number of carbonyl (C=O) groups excluding carboxylic acids is 1. The van der Waals surface area contributed by atoms with Crippen LogP contribution in [0, 0.1) is 0 Å². The summed E-state index contributed by atoms with van der Waals surface area (Å²) >= 11 is 0. The second-order valence-electron chi connectivity index (χ2n) is 8.50. The fraction of sp³-hybridized carbons (Fsp3) is 0.550. The van der Waals surface area contributed by atoms with Crippen molar-refractivity contribution in [3.05, 3.63) is 46.2 Å². The van der Waals surface area contributed by atoms with E-state index < -0.39 is 46.1 Å². The number of halogens is 6. The minimum Gasteiger partial charge on any atom is -0.427 e. The van der Waals surface area contributed by atoms with Crippen LogP contribution in [0.25, 0.3) is 0 Å². The van der Waals surface area contributed by atoms with Crippen LogP contribution in [-0.4, -0.2) is 22.1 Å². The molecule has 3 rings (SSSR count). The Morgan fingerprint density at radius 2 is 1.53 bits per heavy atom. The number of benzene rings is 1. The van der Waals surface area contributed by atoms with Gasteiger partial charge in [-0.2, -0.15) is 26.3 Å². The highest BCUT2D eigenvalue weighted by atomic mass is 19.4. The van der Waals surface area contributed by atoms with E-state index in [4.69, 9.17) is 4.74 Å². The summed E-state index contributed by atoms with van der Waals surface area (Å²) in [4.78, 5) is 12.5. The number of hydrogen-bond acceptors (Lipinski definition) is 3. The van der Waals surface area contributed by atoms with Crippen molar-refractivity contribution in [1.29, 1.82) is 0 Å². The summed E-state index contributed by atoms with van der Waals surface area (Å²) in [5.41, 5.74) is -5.18. The molecule has 1 saturated heterocycles. The third kappa shape index (κ3) is 3.94. The van der Waals surface area contributed by atoms with Crippen molar-refractivity contribution in [3.63, 3.8) is 0 Å². The van der Waals surface area contributed by atoms with Gasteiger partial charge in [-0.3, -0.25) is 0 Å². The van der Waals surface area contributed by atoms with E-state index in [9.17, 15) is 36.3 Å². The van der Waals surface area contributed by atoms with Gasteiger partial charge in [-0.05, 0) is 63.8 Å². The van der Waals surface area contributed by atoms with Gasteiger partial charge >= 0.3 is 18.3 Å². The van der Waals surface area contributed by atoms with E-state index in [2.05, 4.69) is 0 Å². The molecule has 1 aromatic rings. The summed E-state index contributed by atoms with van der Waals surface area (Å²) in [5.74, 6) is -1.17. The quantitative estimate of drug-likeness (QED) is 0.428. The summed E-state index contributed by atoms with van der Waals surface area (Å²) in [6, 6.07) is 0.623. The molecule has 1 radical (unpaired) electrons. The van der Waals surface area contributed by atoms with E-state index in [0.717, 1.165) is 5.06 Å². The highest BCUT2D eigenvalue weighted by molar-refractivity contribution is 5.90. The van der Waals surface area contributed by atoms with Gasteiger partial charge in [0.25, 0.3) is 0 Å². The summed E-state index contributed by atoms with van der Waals surface area (Å²) in [6.07, 6.45) is -8.58. The van der Waals surface area contributed by atoms with Crippen LogP contribution in [0.2, 0.25) is 0 Å². The van der Waals surface area contributed by atoms with E-state index in [-0.39, 0.29) is 24.7 Å². The summed E-state index contributed by atoms with van der Waals surface area (Å²) in [7, 11) is 0. The third-order valence-electron chi connectivity index (χ3n) is 5.70. The molecule has 0 unspecified atom stereocenters. The van der Waals surface area contributed by atoms with Crippen molar-refractivity contribution in [1.82, 2.24) is 5.06 Å². The van der Waals surface area contributed by atoms with Gasteiger partial charge in [0, 0.05) is 12.0 Å². The topological polar surface area (TPSA) is 49.4 Å². The molecule has 0 bridgehead atoms. The lowest BCUT2D eigenvalue weighted by Gasteiger charge is -2.37. The second kappa shape index (κ2) is 6.98. The monoisotopic (exact) mass is 436 g/mol. The van der Waals surface area contributed by atoms with Crippen molar-refractivity contribution < 1.29 is 41.1 Å². The molecule has 1 aromatic carbocycles. The van der Waals surface area contributed by atoms with Crippen LogP contribution in [0.5, 0.6) is 0 Å². The Morgan fingerprint density at radius 1 is 1.00 bits per heavy atom. The first kappa shape index (κ1) is 22.6. The first-order chi connectivity index (χ1) is 13.6. The van der Waals surface area contributed by atoms with E-state index in [0.29, 0.717) is 30.5 Å². The van der Waals surface area contributed by atoms with Crippen molar-refractivity contribution in [2.75, 3.05) is 0 Å². The largest absolute Gasteiger partial charge is 0.427 e. The predicted octanol–water partition coefficient (Wildman–Crippen LogP) is 5.91. The minimum atomic E-state index is -5.07. The predicted molar refractivity (Wildman–Crippen MR) is 92.4 cm³/mol. The average Bonchev–Trinajstić information content (AvgIpc) is 2.80. The Bertz CT molecular complexity index is 871. The van der Waals surface area contributed by atoms with Crippen LogP contribution in [-0.2, 0) is 22.3 Å². The van der Waals surface area contributed by atoms with Crippen LogP contribution in [0.15, 0.2) is 29.5 Å². The lowest BCUT2D eigenvalue weighted by molar-refractivity contribution is -0.247. The van der Waals surface area contributed by atoms with Crippen molar-refractivity contribution in [2.45, 2.75) is 69.9 Å². The minimum absolute atomic E-state index is 0.0504. The van der Waals surface area contributed by atoms with Gasteiger partial charge in [0.1, 0.15) is 5.76 Å². The molecule has 0 spiro atoms. The SMILES string of the molecule is CC1(C)CC2=C(OC(=O)c3cc(C(F)(F)F)cc(C(F)(F)F)c3)CCC[C@]2(C)N1[O]. The zero-order valence-electron chi connectivity index (χ0n) is 16.5. The van der Waals surface area contributed by atoms with Crippen LogP contribution in [0.1, 0.15) is 67.9 Å². The third-order valence-corrected chi connectivity index (χ3v) is 5.70. The molecule has 2 aliphatic rings. The van der Waals surface area contributed by atoms with E-state index >= 15 is 0 Å². The molecule has 165 valence electrons. The normalized spacial score (nSPS) is 24.7. The molecule has 30 heavy (non-hydrogen) atoms. The number of hydrogen-bond donors (Lipinski definition) is 0. The molecule has 1 atom stereocenters. The Labute approximate surface area is 169 Å². The van der Waals surface area contributed by atoms with Crippen LogP contribution < -0.4 is 0 Å². The number of fused-ring (bicyclic) bond motifs is 1. The smallest absolute Gasteiger partial charge is 0.416 e. The lowest BCUT2D eigenvalue weighted by atomic mass is 9.81. The van der Waals surface area contributed by atoms with Gasteiger partial charge in [-0.15, -0.1) is 10.3 Å². The lowest BCUT2D eigenvalue weighted by Crippen LogP contribution is -2.47. The van der Waals surface area contributed by atoms with E-state index in [1.807, 2.05) is 0 Å². The zero-order valence-corrected chi connectivity index (χ0v) is 16.5. The first-order valence-corrected chi connectivity index (χ1v) is 9.27. The molecule has 0 N–H and O–H groups in total. The number of esters is 1. The zero-order chi connectivity index (χ0) is 22.7. The highest BCUT2D eigenvalue weighted by Gasteiger charge is 2.54. The molecule has 1 heterocycles. The van der Waals surface area contributed by atoms with E-state index in [1.54, 1.807) is 20.8 Å². The molecular weight excluding hydrogens is 416 g/mol. The maximum absolute atomic E-state index is 13.0. The maximum Gasteiger partial charge on any atom is 0.416 e. The molecule has 1 fully saturated rings. The Morgan fingerprint density at radius 3 is 2.03 bits per heavy atom. The number of carbonyl (C=O) groups is 1. The van der Waals surface area contributed by atoms with Crippen molar-refractivity contribution in [3.8, 4) is 0 Å². The standard InChI is InChI=1S/C20H20F6NO3/c1-17(2)10-14-15(5-4-6-18(14,3)27(17)29)30-16(28)11-7-12(19(21,22)23)9-13(8-11)20(24,25)26/h7-9H,4-6,10H2,1-3H3/t18-/m0/s1. The van der Waals surface area contributed by atoms with Crippen molar-refractivity contribution in [2.24, 2.45) is 0 Å². The molecule has 0 amide bonds.